The maximum atomic E-state index is 11.3. The van der Waals surface area contributed by atoms with Gasteiger partial charge in [0.05, 0.1) is 21.4 Å². The minimum absolute atomic E-state index is 0.186. The van der Waals surface area contributed by atoms with E-state index in [9.17, 15) is 9.90 Å². The van der Waals surface area contributed by atoms with Crippen molar-refractivity contribution >= 4 is 27.5 Å². The molecule has 3 aromatic rings. The van der Waals surface area contributed by atoms with Crippen molar-refractivity contribution in [3.05, 3.63) is 35.1 Å². The Morgan fingerprint density at radius 3 is 2.95 bits per heavy atom. The Morgan fingerprint density at radius 1 is 1.42 bits per heavy atom. The quantitative estimate of drug-likeness (QED) is 0.779. The van der Waals surface area contributed by atoms with E-state index in [0.717, 1.165) is 20.8 Å². The Morgan fingerprint density at radius 2 is 2.21 bits per heavy atom. The van der Waals surface area contributed by atoms with E-state index in [-0.39, 0.29) is 5.69 Å². The molecule has 2 heterocycles. The first-order valence-corrected chi connectivity index (χ1v) is 6.51. The number of rotatable bonds is 2. The van der Waals surface area contributed by atoms with E-state index in [1.54, 1.807) is 24.6 Å². The third-order valence-corrected chi connectivity index (χ3v) is 3.90. The van der Waals surface area contributed by atoms with Crippen molar-refractivity contribution in [1.29, 1.82) is 0 Å². The van der Waals surface area contributed by atoms with E-state index >= 15 is 0 Å². The molecule has 0 unspecified atom stereocenters. The molecule has 0 aliphatic carbocycles. The van der Waals surface area contributed by atoms with Gasteiger partial charge in [0.1, 0.15) is 0 Å². The van der Waals surface area contributed by atoms with Gasteiger partial charge in [0.25, 0.3) is 0 Å². The van der Waals surface area contributed by atoms with Crippen molar-refractivity contribution in [2.75, 3.05) is 0 Å². The fourth-order valence-electron chi connectivity index (χ4n) is 2.11. The molecule has 0 spiro atoms. The fraction of sp³-hybridized carbons (Fsp3) is 0.154. The topological polar surface area (TPSA) is 68.0 Å². The van der Waals surface area contributed by atoms with E-state index in [2.05, 4.69) is 10.1 Å². The van der Waals surface area contributed by atoms with E-state index in [1.165, 1.54) is 4.68 Å². The predicted molar refractivity (Wildman–Crippen MR) is 73.5 cm³/mol. The molecule has 6 heteroatoms. The first-order chi connectivity index (χ1) is 9.06. The molecule has 0 saturated heterocycles. The van der Waals surface area contributed by atoms with Gasteiger partial charge >= 0.3 is 5.97 Å². The number of aromatic nitrogens is 3. The number of nitrogens with zero attached hydrogens (tertiary/aromatic N) is 3. The molecule has 19 heavy (non-hydrogen) atoms. The second kappa shape index (κ2) is 4.17. The van der Waals surface area contributed by atoms with Crippen LogP contribution in [-0.2, 0) is 7.05 Å². The standard InChI is InChI=1S/C13H11N3O2S/c1-7-15-10-5-8(3-4-11(10)19-7)9-6-14-16(2)12(9)13(17)18/h3-6H,1-2H3,(H,17,18). The lowest BCUT2D eigenvalue weighted by Crippen LogP contribution is -2.06. The second-order valence-corrected chi connectivity index (χ2v) is 5.49. The molecule has 3 rings (SSSR count). The van der Waals surface area contributed by atoms with Gasteiger partial charge in [-0.2, -0.15) is 5.10 Å². The minimum Gasteiger partial charge on any atom is -0.477 e. The van der Waals surface area contributed by atoms with Crippen LogP contribution < -0.4 is 0 Å². The molecule has 0 aliphatic heterocycles. The van der Waals surface area contributed by atoms with Crippen LogP contribution in [0, 0.1) is 6.92 Å². The van der Waals surface area contributed by atoms with Crippen molar-refractivity contribution in [3.8, 4) is 11.1 Å². The van der Waals surface area contributed by atoms with Crippen molar-refractivity contribution in [1.82, 2.24) is 14.8 Å². The molecule has 0 fully saturated rings. The predicted octanol–water partition coefficient (Wildman–Crippen LogP) is 2.70. The zero-order chi connectivity index (χ0) is 13.6. The lowest BCUT2D eigenvalue weighted by Gasteiger charge is -2.01. The SMILES string of the molecule is Cc1nc2cc(-c3cnn(C)c3C(=O)O)ccc2s1. The summed E-state index contributed by atoms with van der Waals surface area (Å²) in [6.07, 6.45) is 1.57. The van der Waals surface area contributed by atoms with Crippen LogP contribution in [-0.4, -0.2) is 25.8 Å². The average molecular weight is 273 g/mol. The Bertz CT molecular complexity index is 788. The second-order valence-electron chi connectivity index (χ2n) is 4.25. The normalized spacial score (nSPS) is 11.1. The molecule has 0 saturated carbocycles. The molecule has 5 nitrogen and oxygen atoms in total. The van der Waals surface area contributed by atoms with Crippen LogP contribution in [0.1, 0.15) is 15.5 Å². The minimum atomic E-state index is -0.982. The maximum absolute atomic E-state index is 11.3. The molecule has 0 bridgehead atoms. The van der Waals surface area contributed by atoms with Gasteiger partial charge in [-0.15, -0.1) is 11.3 Å². The summed E-state index contributed by atoms with van der Waals surface area (Å²) < 4.78 is 2.47. The monoisotopic (exact) mass is 273 g/mol. The Kier molecular flexibility index (Phi) is 2.60. The molecule has 0 radical (unpaired) electrons. The number of carboxylic acids is 1. The van der Waals surface area contributed by atoms with Crippen LogP contribution in [0.15, 0.2) is 24.4 Å². The number of fused-ring (bicyclic) bond motifs is 1. The summed E-state index contributed by atoms with van der Waals surface area (Å²) in [5.41, 5.74) is 2.51. The van der Waals surface area contributed by atoms with Gasteiger partial charge in [-0.3, -0.25) is 4.68 Å². The lowest BCUT2D eigenvalue weighted by atomic mass is 10.1. The molecule has 1 N–H and O–H groups in total. The number of hydrogen-bond donors (Lipinski definition) is 1. The van der Waals surface area contributed by atoms with Crippen molar-refractivity contribution in [2.24, 2.45) is 7.05 Å². The van der Waals surface area contributed by atoms with Gasteiger partial charge in [-0.05, 0) is 24.6 Å². The highest BCUT2D eigenvalue weighted by Crippen LogP contribution is 2.29. The molecule has 0 aliphatic rings. The third kappa shape index (κ3) is 1.90. The largest absolute Gasteiger partial charge is 0.477 e. The first-order valence-electron chi connectivity index (χ1n) is 5.69. The van der Waals surface area contributed by atoms with Gasteiger partial charge < -0.3 is 5.11 Å². The number of aryl methyl sites for hydroxylation is 2. The summed E-state index contributed by atoms with van der Waals surface area (Å²) in [7, 11) is 1.62. The summed E-state index contributed by atoms with van der Waals surface area (Å²) in [5.74, 6) is -0.982. The molecule has 0 amide bonds. The maximum Gasteiger partial charge on any atom is 0.354 e. The van der Waals surface area contributed by atoms with Gasteiger partial charge in [0.15, 0.2) is 5.69 Å². The van der Waals surface area contributed by atoms with Gasteiger partial charge in [-0.1, -0.05) is 6.07 Å². The fourth-order valence-corrected chi connectivity index (χ4v) is 2.92. The molecule has 0 atom stereocenters. The average Bonchev–Trinajstić information content (AvgIpc) is 2.89. The van der Waals surface area contributed by atoms with Crippen LogP contribution in [0.3, 0.4) is 0 Å². The van der Waals surface area contributed by atoms with Crippen LogP contribution >= 0.6 is 11.3 Å². The van der Waals surface area contributed by atoms with E-state index < -0.39 is 5.97 Å². The number of carbonyl (C=O) groups is 1. The van der Waals surface area contributed by atoms with E-state index in [1.807, 2.05) is 25.1 Å². The Hall–Kier alpha value is -2.21. The highest BCUT2D eigenvalue weighted by molar-refractivity contribution is 7.18. The summed E-state index contributed by atoms with van der Waals surface area (Å²) >= 11 is 1.62. The summed E-state index contributed by atoms with van der Waals surface area (Å²) in [5, 5.41) is 14.3. The zero-order valence-electron chi connectivity index (χ0n) is 10.4. The van der Waals surface area contributed by atoms with Crippen LogP contribution in [0.5, 0.6) is 0 Å². The molecular weight excluding hydrogens is 262 g/mol. The Labute approximate surface area is 113 Å². The van der Waals surface area contributed by atoms with Gasteiger partial charge in [0.2, 0.25) is 0 Å². The summed E-state index contributed by atoms with van der Waals surface area (Å²) in [4.78, 5) is 15.7. The number of hydrogen-bond acceptors (Lipinski definition) is 4. The zero-order valence-corrected chi connectivity index (χ0v) is 11.2. The molecule has 2 aromatic heterocycles. The highest BCUT2D eigenvalue weighted by Gasteiger charge is 2.17. The number of thiazole rings is 1. The van der Waals surface area contributed by atoms with Gasteiger partial charge in [0, 0.05) is 12.6 Å². The number of benzene rings is 1. The third-order valence-electron chi connectivity index (χ3n) is 2.95. The van der Waals surface area contributed by atoms with Crippen LogP contribution in [0.25, 0.3) is 21.3 Å². The van der Waals surface area contributed by atoms with Crippen molar-refractivity contribution in [2.45, 2.75) is 6.92 Å². The van der Waals surface area contributed by atoms with Crippen molar-refractivity contribution < 1.29 is 9.90 Å². The van der Waals surface area contributed by atoms with Crippen molar-refractivity contribution in [3.63, 3.8) is 0 Å². The van der Waals surface area contributed by atoms with E-state index in [4.69, 9.17) is 0 Å². The smallest absolute Gasteiger partial charge is 0.354 e. The molecule has 1 aromatic carbocycles. The number of carboxylic acid groups (broad SMARTS) is 1. The van der Waals surface area contributed by atoms with Crippen LogP contribution in [0.4, 0.5) is 0 Å². The molecular formula is C13H11N3O2S. The van der Waals surface area contributed by atoms with Gasteiger partial charge in [-0.25, -0.2) is 9.78 Å². The lowest BCUT2D eigenvalue weighted by molar-refractivity contribution is 0.0686. The summed E-state index contributed by atoms with van der Waals surface area (Å²) in [6, 6.07) is 5.78. The van der Waals surface area contributed by atoms with Crippen LogP contribution in [0.2, 0.25) is 0 Å². The summed E-state index contributed by atoms with van der Waals surface area (Å²) in [6.45, 7) is 1.96. The van der Waals surface area contributed by atoms with E-state index in [0.29, 0.717) is 5.56 Å². The highest BCUT2D eigenvalue weighted by atomic mass is 32.1. The number of aromatic carboxylic acids is 1. The Balaban J connectivity index is 2.21. The first kappa shape index (κ1) is 11.9. The molecule has 96 valence electrons.